The minimum atomic E-state index is -0.640. The van der Waals surface area contributed by atoms with Gasteiger partial charge in [0, 0.05) is 23.0 Å². The standard InChI is InChI=1S/C26H26BrNO7/c1-30-19-7-5-6-15(11-19)24-23(12-16-10-17(27)8-9-20(16)34-24)35-26(29)28-18-13-21(31-2)25(33-4)22(14-18)32-3/h5-11,13-14,23-24H,12H2,1-4H3,(H,28,29). The molecule has 0 aliphatic carbocycles. The van der Waals surface area contributed by atoms with Crippen LogP contribution in [0.25, 0.3) is 0 Å². The molecule has 9 heteroatoms. The number of rotatable bonds is 7. The summed E-state index contributed by atoms with van der Waals surface area (Å²) in [5.74, 6) is 2.68. The summed E-state index contributed by atoms with van der Waals surface area (Å²) in [4.78, 5) is 13.0. The lowest BCUT2D eigenvalue weighted by Gasteiger charge is -2.33. The Morgan fingerprint density at radius 1 is 0.943 bits per heavy atom. The molecule has 1 N–H and O–H groups in total. The maximum atomic E-state index is 13.0. The molecule has 0 aromatic heterocycles. The summed E-state index contributed by atoms with van der Waals surface area (Å²) in [5.41, 5.74) is 2.20. The van der Waals surface area contributed by atoms with Gasteiger partial charge in [-0.1, -0.05) is 28.1 Å². The molecular formula is C26H26BrNO7. The average Bonchev–Trinajstić information content (AvgIpc) is 2.87. The first kappa shape index (κ1) is 24.5. The lowest BCUT2D eigenvalue weighted by molar-refractivity contribution is 0.00883. The minimum absolute atomic E-state index is 0.413. The number of anilines is 1. The van der Waals surface area contributed by atoms with Crippen molar-refractivity contribution in [2.24, 2.45) is 0 Å². The van der Waals surface area contributed by atoms with E-state index in [0.717, 1.165) is 21.3 Å². The summed E-state index contributed by atoms with van der Waals surface area (Å²) < 4.78 is 34.6. The predicted molar refractivity (Wildman–Crippen MR) is 134 cm³/mol. The highest BCUT2D eigenvalue weighted by molar-refractivity contribution is 9.10. The Hall–Kier alpha value is -3.59. The zero-order valence-corrected chi connectivity index (χ0v) is 21.4. The van der Waals surface area contributed by atoms with E-state index in [-0.39, 0.29) is 0 Å². The van der Waals surface area contributed by atoms with Crippen molar-refractivity contribution in [1.29, 1.82) is 0 Å². The lowest BCUT2D eigenvalue weighted by atomic mass is 9.94. The third kappa shape index (κ3) is 5.40. The topological polar surface area (TPSA) is 84.5 Å². The molecule has 4 rings (SSSR count). The maximum Gasteiger partial charge on any atom is 0.412 e. The highest BCUT2D eigenvalue weighted by atomic mass is 79.9. The first-order chi connectivity index (χ1) is 16.9. The third-order valence-corrected chi connectivity index (χ3v) is 6.12. The molecule has 3 aromatic rings. The Kier molecular flexibility index (Phi) is 7.55. The van der Waals surface area contributed by atoms with Gasteiger partial charge in [0.25, 0.3) is 0 Å². The first-order valence-corrected chi connectivity index (χ1v) is 11.6. The summed E-state index contributed by atoms with van der Waals surface area (Å²) in [6.07, 6.45) is -1.28. The molecule has 1 aliphatic rings. The van der Waals surface area contributed by atoms with Gasteiger partial charge in [-0.25, -0.2) is 4.79 Å². The molecule has 0 fully saturated rings. The predicted octanol–water partition coefficient (Wildman–Crippen LogP) is 5.78. The second-order valence-electron chi connectivity index (χ2n) is 7.75. The van der Waals surface area contributed by atoms with Gasteiger partial charge in [0.1, 0.15) is 17.6 Å². The number of hydrogen-bond donors (Lipinski definition) is 1. The third-order valence-electron chi connectivity index (χ3n) is 5.63. The highest BCUT2D eigenvalue weighted by Crippen LogP contribution is 2.41. The molecule has 1 heterocycles. The highest BCUT2D eigenvalue weighted by Gasteiger charge is 2.35. The molecule has 184 valence electrons. The fourth-order valence-corrected chi connectivity index (χ4v) is 4.41. The van der Waals surface area contributed by atoms with Gasteiger partial charge >= 0.3 is 6.09 Å². The van der Waals surface area contributed by atoms with Crippen molar-refractivity contribution in [2.75, 3.05) is 33.8 Å². The molecule has 8 nitrogen and oxygen atoms in total. The van der Waals surface area contributed by atoms with Crippen molar-refractivity contribution in [3.05, 3.63) is 70.2 Å². The van der Waals surface area contributed by atoms with Crippen molar-refractivity contribution in [3.63, 3.8) is 0 Å². The van der Waals surface area contributed by atoms with E-state index in [9.17, 15) is 4.79 Å². The summed E-state index contributed by atoms with van der Waals surface area (Å²) >= 11 is 3.50. The lowest BCUT2D eigenvalue weighted by Crippen LogP contribution is -2.36. The van der Waals surface area contributed by atoms with Crippen LogP contribution in [0.5, 0.6) is 28.7 Å². The second kappa shape index (κ2) is 10.8. The van der Waals surface area contributed by atoms with Crippen molar-refractivity contribution < 1.29 is 33.2 Å². The fourth-order valence-electron chi connectivity index (χ4n) is 4.00. The molecule has 1 aliphatic heterocycles. The second-order valence-corrected chi connectivity index (χ2v) is 8.67. The van der Waals surface area contributed by atoms with Gasteiger partial charge in [-0.05, 0) is 41.5 Å². The number of halogens is 1. The van der Waals surface area contributed by atoms with E-state index in [1.807, 2.05) is 42.5 Å². The van der Waals surface area contributed by atoms with Gasteiger partial charge in [-0.3, -0.25) is 5.32 Å². The van der Waals surface area contributed by atoms with Crippen molar-refractivity contribution in [1.82, 2.24) is 0 Å². The van der Waals surface area contributed by atoms with Gasteiger partial charge < -0.3 is 28.4 Å². The zero-order chi connectivity index (χ0) is 24.9. The summed E-state index contributed by atoms with van der Waals surface area (Å²) in [6, 6.07) is 16.6. The summed E-state index contributed by atoms with van der Waals surface area (Å²) in [6.45, 7) is 0. The number of nitrogens with one attached hydrogen (secondary N) is 1. The molecule has 2 atom stereocenters. The van der Waals surface area contributed by atoms with E-state index in [1.54, 1.807) is 19.2 Å². The van der Waals surface area contributed by atoms with E-state index in [2.05, 4.69) is 21.2 Å². The van der Waals surface area contributed by atoms with Crippen LogP contribution in [0.1, 0.15) is 17.2 Å². The normalized spacial score (nSPS) is 16.4. The van der Waals surface area contributed by atoms with Gasteiger partial charge in [0.2, 0.25) is 5.75 Å². The van der Waals surface area contributed by atoms with Crippen LogP contribution in [0.3, 0.4) is 0 Å². The largest absolute Gasteiger partial charge is 0.497 e. The van der Waals surface area contributed by atoms with Crippen LogP contribution in [0.15, 0.2) is 59.1 Å². The summed E-state index contributed by atoms with van der Waals surface area (Å²) in [5, 5.41) is 2.75. The van der Waals surface area contributed by atoms with E-state index >= 15 is 0 Å². The molecular weight excluding hydrogens is 518 g/mol. The smallest absolute Gasteiger partial charge is 0.412 e. The van der Waals surface area contributed by atoms with Crippen LogP contribution in [-0.4, -0.2) is 40.6 Å². The molecule has 35 heavy (non-hydrogen) atoms. The van der Waals surface area contributed by atoms with Crippen molar-refractivity contribution in [3.8, 4) is 28.7 Å². The number of methoxy groups -OCH3 is 4. The van der Waals surface area contributed by atoms with E-state index in [0.29, 0.717) is 35.1 Å². The quantitative estimate of drug-likeness (QED) is 0.404. The minimum Gasteiger partial charge on any atom is -0.497 e. The Labute approximate surface area is 212 Å². The van der Waals surface area contributed by atoms with Crippen LogP contribution < -0.4 is 29.0 Å². The molecule has 0 radical (unpaired) electrons. The van der Waals surface area contributed by atoms with Gasteiger partial charge in [-0.2, -0.15) is 0 Å². The van der Waals surface area contributed by atoms with Crippen LogP contribution in [-0.2, 0) is 11.2 Å². The van der Waals surface area contributed by atoms with Crippen molar-refractivity contribution >= 4 is 27.7 Å². The fraction of sp³-hybridized carbons (Fsp3) is 0.269. The number of carbonyl (C=O) groups excluding carboxylic acids is 1. The summed E-state index contributed by atoms with van der Waals surface area (Å²) in [7, 11) is 6.13. The van der Waals surface area contributed by atoms with E-state index in [4.69, 9.17) is 28.4 Å². The molecule has 2 unspecified atom stereocenters. The molecule has 0 saturated heterocycles. The van der Waals surface area contributed by atoms with E-state index in [1.165, 1.54) is 21.3 Å². The van der Waals surface area contributed by atoms with Gasteiger partial charge in [-0.15, -0.1) is 0 Å². The average molecular weight is 544 g/mol. The number of ether oxygens (including phenoxy) is 6. The van der Waals surface area contributed by atoms with Crippen LogP contribution in [0.2, 0.25) is 0 Å². The molecule has 0 bridgehead atoms. The number of hydrogen-bond acceptors (Lipinski definition) is 7. The van der Waals surface area contributed by atoms with Crippen LogP contribution in [0, 0.1) is 0 Å². The van der Waals surface area contributed by atoms with Gasteiger partial charge in [0.15, 0.2) is 17.6 Å². The number of amides is 1. The Morgan fingerprint density at radius 3 is 2.34 bits per heavy atom. The molecule has 0 spiro atoms. The molecule has 0 saturated carbocycles. The monoisotopic (exact) mass is 543 g/mol. The Morgan fingerprint density at radius 2 is 1.69 bits per heavy atom. The number of carbonyl (C=O) groups is 1. The van der Waals surface area contributed by atoms with E-state index < -0.39 is 18.3 Å². The zero-order valence-electron chi connectivity index (χ0n) is 19.8. The molecule has 3 aromatic carbocycles. The number of benzene rings is 3. The molecule has 1 amide bonds. The SMILES string of the molecule is COc1cccc(C2Oc3ccc(Br)cc3CC2OC(=O)Nc2cc(OC)c(OC)c(OC)c2)c1. The van der Waals surface area contributed by atoms with Crippen molar-refractivity contribution in [2.45, 2.75) is 18.6 Å². The Bertz CT molecular complexity index is 1190. The maximum absolute atomic E-state index is 13.0. The van der Waals surface area contributed by atoms with Gasteiger partial charge in [0.05, 0.1) is 34.1 Å². The Balaban J connectivity index is 1.60. The van der Waals surface area contributed by atoms with Crippen LogP contribution >= 0.6 is 15.9 Å². The first-order valence-electron chi connectivity index (χ1n) is 10.8. The van der Waals surface area contributed by atoms with Crippen LogP contribution in [0.4, 0.5) is 10.5 Å². The number of fused-ring (bicyclic) bond motifs is 1.